The zero-order valence-corrected chi connectivity index (χ0v) is 15.1. The molecule has 0 saturated carbocycles. The van der Waals surface area contributed by atoms with E-state index in [1.54, 1.807) is 30.5 Å². The van der Waals surface area contributed by atoms with Crippen molar-refractivity contribution >= 4 is 28.7 Å². The summed E-state index contributed by atoms with van der Waals surface area (Å²) in [5.74, 6) is -1.06. The summed E-state index contributed by atoms with van der Waals surface area (Å²) in [5, 5.41) is 2.98. The third kappa shape index (κ3) is 2.61. The first-order chi connectivity index (χ1) is 14.1. The average Bonchev–Trinajstić information content (AvgIpc) is 3.47. The van der Waals surface area contributed by atoms with E-state index >= 15 is 0 Å². The molecule has 8 heteroatoms. The van der Waals surface area contributed by atoms with Crippen molar-refractivity contribution in [1.82, 2.24) is 24.6 Å². The number of aromatic amines is 1. The van der Waals surface area contributed by atoms with Crippen LogP contribution in [0.5, 0.6) is 0 Å². The first-order valence-corrected chi connectivity index (χ1v) is 8.97. The minimum atomic E-state index is -0.553. The first-order valence-electron chi connectivity index (χ1n) is 8.97. The zero-order valence-electron chi connectivity index (χ0n) is 15.1. The van der Waals surface area contributed by atoms with Gasteiger partial charge in [-0.25, -0.2) is 14.8 Å². The summed E-state index contributed by atoms with van der Waals surface area (Å²) in [6.45, 7) is 0.0342. The number of nitrogens with zero attached hydrogens (tertiary/aromatic N) is 4. The van der Waals surface area contributed by atoms with E-state index in [0.717, 1.165) is 26.5 Å². The van der Waals surface area contributed by atoms with Gasteiger partial charge in [-0.05, 0) is 23.8 Å². The van der Waals surface area contributed by atoms with Crippen molar-refractivity contribution in [2.75, 3.05) is 0 Å². The third-order valence-electron chi connectivity index (χ3n) is 4.96. The fourth-order valence-electron chi connectivity index (χ4n) is 3.55. The van der Waals surface area contributed by atoms with Gasteiger partial charge >= 0.3 is 6.03 Å². The first kappa shape index (κ1) is 16.9. The molecule has 1 aliphatic rings. The molecule has 0 atom stereocenters. The van der Waals surface area contributed by atoms with Crippen molar-refractivity contribution < 1.29 is 14.4 Å². The molecule has 1 aliphatic heterocycles. The number of amides is 3. The van der Waals surface area contributed by atoms with E-state index in [-0.39, 0.29) is 17.7 Å². The van der Waals surface area contributed by atoms with Gasteiger partial charge in [-0.2, -0.15) is 5.01 Å². The standard InChI is InChI=1S/C21H15N5O3/c27-19-16-6-1-2-7-17(16)20(28)26(19)25(21(29)24-10-9-22-13-24)12-14-11-23-18-8-4-3-5-15(14)18/h1-11,13,23H,12H2. The molecule has 0 bridgehead atoms. The molecule has 0 saturated heterocycles. The number of imide groups is 1. The number of benzene rings is 2. The molecule has 5 rings (SSSR count). The van der Waals surface area contributed by atoms with Gasteiger partial charge in [-0.15, -0.1) is 0 Å². The molecule has 3 heterocycles. The number of imidazole rings is 1. The van der Waals surface area contributed by atoms with Crippen LogP contribution < -0.4 is 0 Å². The number of carbonyl (C=O) groups is 3. The van der Waals surface area contributed by atoms with Crippen LogP contribution in [0.2, 0.25) is 0 Å². The molecule has 2 aromatic heterocycles. The highest BCUT2D eigenvalue weighted by Gasteiger charge is 2.41. The fraction of sp³-hybridized carbons (Fsp3) is 0.0476. The third-order valence-corrected chi connectivity index (χ3v) is 4.96. The second-order valence-electron chi connectivity index (χ2n) is 6.64. The van der Waals surface area contributed by atoms with Crippen LogP contribution in [-0.4, -0.2) is 42.4 Å². The molecular weight excluding hydrogens is 370 g/mol. The molecule has 29 heavy (non-hydrogen) atoms. The van der Waals surface area contributed by atoms with Gasteiger partial charge in [0, 0.05) is 29.5 Å². The summed E-state index contributed by atoms with van der Waals surface area (Å²) in [6.07, 6.45) is 6.05. The molecule has 2 aromatic carbocycles. The molecule has 0 unspecified atom stereocenters. The van der Waals surface area contributed by atoms with Crippen LogP contribution in [-0.2, 0) is 6.54 Å². The number of H-pyrrole nitrogens is 1. The van der Waals surface area contributed by atoms with Crippen LogP contribution >= 0.6 is 0 Å². The highest BCUT2D eigenvalue weighted by atomic mass is 16.2. The largest absolute Gasteiger partial charge is 0.361 e. The smallest absolute Gasteiger partial charge is 0.349 e. The monoisotopic (exact) mass is 385 g/mol. The predicted octanol–water partition coefficient (Wildman–Crippen LogP) is 3.05. The predicted molar refractivity (Wildman–Crippen MR) is 104 cm³/mol. The van der Waals surface area contributed by atoms with E-state index in [0.29, 0.717) is 0 Å². The maximum atomic E-state index is 13.2. The Morgan fingerprint density at radius 2 is 1.69 bits per heavy atom. The molecule has 8 nitrogen and oxygen atoms in total. The second kappa shape index (κ2) is 6.45. The van der Waals surface area contributed by atoms with E-state index in [2.05, 4.69) is 9.97 Å². The molecule has 0 fully saturated rings. The van der Waals surface area contributed by atoms with E-state index in [4.69, 9.17) is 0 Å². The highest BCUT2D eigenvalue weighted by Crippen LogP contribution is 2.27. The number of para-hydroxylation sites is 1. The topological polar surface area (TPSA) is 91.3 Å². The Hall–Kier alpha value is -4.20. The van der Waals surface area contributed by atoms with Crippen molar-refractivity contribution in [3.63, 3.8) is 0 Å². The maximum Gasteiger partial charge on any atom is 0.349 e. The lowest BCUT2D eigenvalue weighted by molar-refractivity contribution is 0.0156. The highest BCUT2D eigenvalue weighted by molar-refractivity contribution is 6.21. The lowest BCUT2D eigenvalue weighted by Gasteiger charge is -2.29. The lowest BCUT2D eigenvalue weighted by atomic mass is 10.1. The number of rotatable bonds is 3. The summed E-state index contributed by atoms with van der Waals surface area (Å²) in [4.78, 5) is 46.2. The quantitative estimate of drug-likeness (QED) is 0.549. The van der Waals surface area contributed by atoms with Crippen molar-refractivity contribution in [1.29, 1.82) is 0 Å². The lowest BCUT2D eigenvalue weighted by Crippen LogP contribution is -2.50. The van der Waals surface area contributed by atoms with Crippen LogP contribution in [0.15, 0.2) is 73.4 Å². The van der Waals surface area contributed by atoms with Gasteiger partial charge in [0.05, 0.1) is 17.7 Å². The number of hydrogen-bond acceptors (Lipinski definition) is 4. The zero-order chi connectivity index (χ0) is 20.0. The summed E-state index contributed by atoms with van der Waals surface area (Å²) in [6, 6.07) is 13.6. The van der Waals surface area contributed by atoms with Gasteiger partial charge in [-0.3, -0.25) is 14.2 Å². The molecule has 0 aliphatic carbocycles. The minimum absolute atomic E-state index is 0.0342. The average molecular weight is 385 g/mol. The van der Waals surface area contributed by atoms with E-state index in [9.17, 15) is 14.4 Å². The Balaban J connectivity index is 1.59. The van der Waals surface area contributed by atoms with Crippen molar-refractivity contribution in [2.24, 2.45) is 0 Å². The maximum absolute atomic E-state index is 13.2. The van der Waals surface area contributed by atoms with Crippen molar-refractivity contribution in [3.8, 4) is 0 Å². The Labute approximate surface area is 165 Å². The van der Waals surface area contributed by atoms with Crippen LogP contribution in [0.1, 0.15) is 26.3 Å². The van der Waals surface area contributed by atoms with Gasteiger partial charge in [0.15, 0.2) is 0 Å². The Morgan fingerprint density at radius 1 is 1.00 bits per heavy atom. The minimum Gasteiger partial charge on any atom is -0.361 e. The summed E-state index contributed by atoms with van der Waals surface area (Å²) >= 11 is 0. The molecule has 1 N–H and O–H groups in total. The summed E-state index contributed by atoms with van der Waals surface area (Å²) in [5.41, 5.74) is 2.24. The summed E-state index contributed by atoms with van der Waals surface area (Å²) in [7, 11) is 0. The number of fused-ring (bicyclic) bond motifs is 2. The molecule has 142 valence electrons. The molecule has 4 aromatic rings. The number of carbonyl (C=O) groups excluding carboxylic acids is 3. The molecule has 0 radical (unpaired) electrons. The Morgan fingerprint density at radius 3 is 2.38 bits per heavy atom. The number of aromatic nitrogens is 3. The fourth-order valence-corrected chi connectivity index (χ4v) is 3.55. The van der Waals surface area contributed by atoms with E-state index in [1.165, 1.54) is 23.3 Å². The Kier molecular flexibility index (Phi) is 3.77. The number of nitrogens with one attached hydrogen (secondary N) is 1. The van der Waals surface area contributed by atoms with Crippen LogP contribution in [0, 0.1) is 0 Å². The van der Waals surface area contributed by atoms with Gasteiger partial charge in [0.2, 0.25) is 0 Å². The van der Waals surface area contributed by atoms with Crippen LogP contribution in [0.3, 0.4) is 0 Å². The number of hydrogen-bond donors (Lipinski definition) is 1. The van der Waals surface area contributed by atoms with Gasteiger partial charge in [0.25, 0.3) is 11.8 Å². The summed E-state index contributed by atoms with van der Waals surface area (Å²) < 4.78 is 1.23. The molecule has 0 spiro atoms. The molecule has 3 amide bonds. The van der Waals surface area contributed by atoms with Gasteiger partial charge in [0.1, 0.15) is 6.33 Å². The van der Waals surface area contributed by atoms with Crippen LogP contribution in [0.4, 0.5) is 4.79 Å². The van der Waals surface area contributed by atoms with Crippen molar-refractivity contribution in [2.45, 2.75) is 6.54 Å². The second-order valence-corrected chi connectivity index (χ2v) is 6.64. The molecular formula is C21H15N5O3. The van der Waals surface area contributed by atoms with Crippen LogP contribution in [0.25, 0.3) is 10.9 Å². The van der Waals surface area contributed by atoms with E-state index in [1.807, 2.05) is 24.3 Å². The number of hydrazine groups is 1. The van der Waals surface area contributed by atoms with Gasteiger partial charge < -0.3 is 4.98 Å². The van der Waals surface area contributed by atoms with Gasteiger partial charge in [-0.1, -0.05) is 30.3 Å². The van der Waals surface area contributed by atoms with E-state index < -0.39 is 17.8 Å². The SMILES string of the molecule is O=C1c2ccccc2C(=O)N1N(Cc1c[nH]c2ccccc12)C(=O)n1ccnc1. The normalized spacial score (nSPS) is 13.2. The Bertz CT molecular complexity index is 1220. The van der Waals surface area contributed by atoms with Crippen molar-refractivity contribution in [3.05, 3.63) is 90.1 Å².